The molecule has 1 saturated carbocycles. The largest absolute Gasteiger partial charge is 0.392 e. The second kappa shape index (κ2) is 5.96. The van der Waals surface area contributed by atoms with Crippen molar-refractivity contribution in [1.29, 1.82) is 0 Å². The number of benzene rings is 1. The predicted molar refractivity (Wildman–Crippen MR) is 81.3 cm³/mol. The molecule has 0 radical (unpaired) electrons. The highest BCUT2D eigenvalue weighted by atomic mass is 79.9. The zero-order chi connectivity index (χ0) is 15.0. The van der Waals surface area contributed by atoms with Crippen LogP contribution in [0, 0.1) is 5.92 Å². The summed E-state index contributed by atoms with van der Waals surface area (Å²) in [4.78, 5) is 0.162. The quantitative estimate of drug-likeness (QED) is 0.822. The Balaban J connectivity index is 1.83. The molecule has 0 aromatic heterocycles. The van der Waals surface area contributed by atoms with Crippen LogP contribution in [0.25, 0.3) is 0 Å². The summed E-state index contributed by atoms with van der Waals surface area (Å²) in [7, 11) is -3.63. The third kappa shape index (κ3) is 3.32. The van der Waals surface area contributed by atoms with E-state index in [2.05, 4.69) is 20.7 Å². The second-order valence-electron chi connectivity index (χ2n) is 5.61. The molecule has 0 amide bonds. The van der Waals surface area contributed by atoms with E-state index < -0.39 is 10.0 Å². The lowest BCUT2D eigenvalue weighted by Gasteiger charge is -2.20. The summed E-state index contributed by atoms with van der Waals surface area (Å²) in [6, 6.07) is 4.67. The van der Waals surface area contributed by atoms with Gasteiger partial charge in [0.15, 0.2) is 0 Å². The number of sulfonamides is 1. The molecule has 2 unspecified atom stereocenters. The van der Waals surface area contributed by atoms with Crippen molar-refractivity contribution in [3.05, 3.63) is 28.2 Å². The monoisotopic (exact) mass is 375 g/mol. The SMILES string of the molecule is O=S(=O)(NC1CCOC1C1CC1)c1cc(CO)ccc1Br. The summed E-state index contributed by atoms with van der Waals surface area (Å²) in [6.07, 6.45) is 2.94. The molecule has 2 N–H and O–H groups in total. The van der Waals surface area contributed by atoms with Crippen molar-refractivity contribution < 1.29 is 18.3 Å². The van der Waals surface area contributed by atoms with Gasteiger partial charge in [0.2, 0.25) is 10.0 Å². The molecule has 5 nitrogen and oxygen atoms in total. The second-order valence-corrected chi connectivity index (χ2v) is 8.15. The van der Waals surface area contributed by atoms with Gasteiger partial charge in [-0.15, -0.1) is 0 Å². The van der Waals surface area contributed by atoms with Crippen molar-refractivity contribution in [2.24, 2.45) is 5.92 Å². The Kier molecular flexibility index (Phi) is 4.38. The van der Waals surface area contributed by atoms with Gasteiger partial charge < -0.3 is 9.84 Å². The number of halogens is 1. The van der Waals surface area contributed by atoms with E-state index in [1.54, 1.807) is 12.1 Å². The van der Waals surface area contributed by atoms with Gasteiger partial charge in [-0.05, 0) is 58.8 Å². The van der Waals surface area contributed by atoms with Crippen LogP contribution >= 0.6 is 15.9 Å². The summed E-state index contributed by atoms with van der Waals surface area (Å²) in [5.41, 5.74) is 0.569. The van der Waals surface area contributed by atoms with Gasteiger partial charge in [0.1, 0.15) is 0 Å². The van der Waals surface area contributed by atoms with Crippen molar-refractivity contribution in [2.75, 3.05) is 6.61 Å². The Morgan fingerprint density at radius 1 is 1.33 bits per heavy atom. The van der Waals surface area contributed by atoms with Crippen molar-refractivity contribution >= 4 is 26.0 Å². The van der Waals surface area contributed by atoms with E-state index >= 15 is 0 Å². The van der Waals surface area contributed by atoms with E-state index in [1.807, 2.05) is 0 Å². The van der Waals surface area contributed by atoms with Crippen molar-refractivity contribution in [3.8, 4) is 0 Å². The highest BCUT2D eigenvalue weighted by Crippen LogP contribution is 2.39. The van der Waals surface area contributed by atoms with Crippen LogP contribution in [-0.2, 0) is 21.4 Å². The lowest BCUT2D eigenvalue weighted by atomic mass is 10.1. The maximum Gasteiger partial charge on any atom is 0.242 e. The van der Waals surface area contributed by atoms with Gasteiger partial charge in [-0.2, -0.15) is 0 Å². The van der Waals surface area contributed by atoms with Crippen LogP contribution in [0.3, 0.4) is 0 Å². The molecule has 21 heavy (non-hydrogen) atoms. The third-order valence-electron chi connectivity index (χ3n) is 4.00. The fourth-order valence-corrected chi connectivity index (χ4v) is 5.04. The number of aliphatic hydroxyl groups excluding tert-OH is 1. The van der Waals surface area contributed by atoms with Gasteiger partial charge in [0, 0.05) is 11.1 Å². The van der Waals surface area contributed by atoms with Gasteiger partial charge in [-0.25, -0.2) is 13.1 Å². The minimum absolute atomic E-state index is 0.000394. The zero-order valence-corrected chi connectivity index (χ0v) is 13.9. The van der Waals surface area contributed by atoms with E-state index in [0.29, 0.717) is 29.0 Å². The number of hydrogen-bond donors (Lipinski definition) is 2. The topological polar surface area (TPSA) is 75.6 Å². The molecule has 1 aliphatic heterocycles. The molecule has 1 aromatic carbocycles. The maximum absolute atomic E-state index is 12.6. The number of nitrogens with one attached hydrogen (secondary N) is 1. The molecule has 1 aliphatic carbocycles. The molecule has 3 rings (SSSR count). The first kappa shape index (κ1) is 15.4. The molecule has 2 aliphatic rings. The Bertz CT molecular complexity index is 630. The summed E-state index contributed by atoms with van der Waals surface area (Å²) >= 11 is 3.27. The average molecular weight is 376 g/mol. The first-order chi connectivity index (χ1) is 10.0. The molecular formula is C14H18BrNO4S. The van der Waals surface area contributed by atoms with E-state index in [4.69, 9.17) is 4.74 Å². The minimum atomic E-state index is -3.63. The zero-order valence-electron chi connectivity index (χ0n) is 11.5. The van der Waals surface area contributed by atoms with Crippen LogP contribution < -0.4 is 4.72 Å². The van der Waals surface area contributed by atoms with Crippen molar-refractivity contribution in [3.63, 3.8) is 0 Å². The van der Waals surface area contributed by atoms with Crippen molar-refractivity contribution in [2.45, 2.75) is 42.9 Å². The minimum Gasteiger partial charge on any atom is -0.392 e. The smallest absolute Gasteiger partial charge is 0.242 e. The van der Waals surface area contributed by atoms with Gasteiger partial charge in [-0.1, -0.05) is 6.07 Å². The lowest BCUT2D eigenvalue weighted by molar-refractivity contribution is 0.0848. The van der Waals surface area contributed by atoms with Gasteiger partial charge in [0.05, 0.1) is 23.6 Å². The molecule has 2 atom stereocenters. The van der Waals surface area contributed by atoms with Gasteiger partial charge in [-0.3, -0.25) is 0 Å². The van der Waals surface area contributed by atoms with E-state index in [9.17, 15) is 13.5 Å². The number of ether oxygens (including phenoxy) is 1. The van der Waals surface area contributed by atoms with Crippen molar-refractivity contribution in [1.82, 2.24) is 4.72 Å². The highest BCUT2D eigenvalue weighted by Gasteiger charge is 2.42. The summed E-state index contributed by atoms with van der Waals surface area (Å²) in [5.74, 6) is 0.493. The van der Waals surface area contributed by atoms with Gasteiger partial charge in [0.25, 0.3) is 0 Å². The lowest BCUT2D eigenvalue weighted by Crippen LogP contribution is -2.41. The molecular weight excluding hydrogens is 358 g/mol. The summed E-state index contributed by atoms with van der Waals surface area (Å²) in [5, 5.41) is 9.18. The first-order valence-corrected chi connectivity index (χ1v) is 9.32. The number of rotatable bonds is 5. The Labute approximate surface area is 132 Å². The van der Waals surface area contributed by atoms with Crippen LogP contribution in [0.2, 0.25) is 0 Å². The molecule has 0 bridgehead atoms. The highest BCUT2D eigenvalue weighted by molar-refractivity contribution is 9.10. The molecule has 1 saturated heterocycles. The van der Waals surface area contributed by atoms with Crippen LogP contribution in [-0.4, -0.2) is 32.3 Å². The summed E-state index contributed by atoms with van der Waals surface area (Å²) < 4.78 is 34.1. The maximum atomic E-state index is 12.6. The first-order valence-electron chi connectivity index (χ1n) is 7.04. The van der Waals surface area contributed by atoms with Crippen LogP contribution in [0.15, 0.2) is 27.6 Å². The standard InChI is InChI=1S/C14H18BrNO4S/c15-11-4-1-9(8-17)7-13(11)21(18,19)16-12-5-6-20-14(12)10-2-3-10/h1,4,7,10,12,14,16-17H,2-3,5-6,8H2. The number of aliphatic hydroxyl groups is 1. The van der Waals surface area contributed by atoms with E-state index in [-0.39, 0.29) is 23.6 Å². The molecule has 0 spiro atoms. The van der Waals surface area contributed by atoms with E-state index in [0.717, 1.165) is 12.8 Å². The molecule has 116 valence electrons. The van der Waals surface area contributed by atoms with Crippen LogP contribution in [0.1, 0.15) is 24.8 Å². The fourth-order valence-electron chi connectivity index (χ4n) is 2.74. The molecule has 1 aromatic rings. The Hall–Kier alpha value is -0.470. The predicted octanol–water partition coefficient (Wildman–Crippen LogP) is 1.79. The fraction of sp³-hybridized carbons (Fsp3) is 0.571. The number of hydrogen-bond acceptors (Lipinski definition) is 4. The van der Waals surface area contributed by atoms with Crippen LogP contribution in [0.5, 0.6) is 0 Å². The summed E-state index contributed by atoms with van der Waals surface area (Å²) in [6.45, 7) is 0.416. The van der Waals surface area contributed by atoms with E-state index in [1.165, 1.54) is 6.07 Å². The average Bonchev–Trinajstić information content (AvgIpc) is 3.20. The Morgan fingerprint density at radius 3 is 2.76 bits per heavy atom. The molecule has 1 heterocycles. The Morgan fingerprint density at radius 2 is 2.10 bits per heavy atom. The van der Waals surface area contributed by atoms with Gasteiger partial charge >= 0.3 is 0 Å². The molecule has 2 fully saturated rings. The van der Waals surface area contributed by atoms with Crippen LogP contribution in [0.4, 0.5) is 0 Å². The molecule has 7 heteroatoms. The normalized spacial score (nSPS) is 26.2. The third-order valence-corrected chi connectivity index (χ3v) is 6.48.